The maximum absolute atomic E-state index is 2.48. The van der Waals surface area contributed by atoms with Gasteiger partial charge in [0.05, 0.1) is 16.7 Å². The highest BCUT2D eigenvalue weighted by atomic mass is 15.0. The van der Waals surface area contributed by atoms with Crippen molar-refractivity contribution in [3.63, 3.8) is 0 Å². The monoisotopic (exact) mass is 459 g/mol. The standard InChI is InChI=1S/C35H25N/c1-35(2)27-17-7-5-15-25(27)34-32-23(13-9-18-28(32)35)21-31-33(34)26-16-6-8-19-30(26)36(31)29-20-10-12-22-11-3-4-14-24(22)29/h3-21H,1-2H3. The van der Waals surface area contributed by atoms with Crippen LogP contribution in [0, 0.1) is 0 Å². The summed E-state index contributed by atoms with van der Waals surface area (Å²) in [5.41, 5.74) is 9.25. The van der Waals surface area contributed by atoms with Crippen molar-refractivity contribution in [2.24, 2.45) is 0 Å². The van der Waals surface area contributed by atoms with Gasteiger partial charge in [-0.2, -0.15) is 0 Å². The molecule has 6 aromatic carbocycles. The van der Waals surface area contributed by atoms with Crippen LogP contribution in [0.2, 0.25) is 0 Å². The maximum atomic E-state index is 2.48. The number of aromatic nitrogens is 1. The van der Waals surface area contributed by atoms with E-state index >= 15 is 0 Å². The van der Waals surface area contributed by atoms with Crippen LogP contribution in [0.4, 0.5) is 0 Å². The van der Waals surface area contributed by atoms with Gasteiger partial charge in [-0.3, -0.25) is 0 Å². The number of hydrogen-bond acceptors (Lipinski definition) is 0. The minimum absolute atomic E-state index is 0.0508. The zero-order valence-electron chi connectivity index (χ0n) is 20.4. The lowest BCUT2D eigenvalue weighted by Gasteiger charge is -2.35. The first-order valence-electron chi connectivity index (χ1n) is 12.7. The SMILES string of the molecule is CC1(C)c2ccccc2-c2c3c1cccc3cc1c2c2ccccc2n1-c1cccc2ccccc12. The predicted octanol–water partition coefficient (Wildman–Crippen LogP) is 9.40. The summed E-state index contributed by atoms with van der Waals surface area (Å²) in [7, 11) is 0. The van der Waals surface area contributed by atoms with Gasteiger partial charge in [-0.1, -0.05) is 111 Å². The third kappa shape index (κ3) is 2.40. The van der Waals surface area contributed by atoms with Crippen LogP contribution < -0.4 is 0 Å². The van der Waals surface area contributed by atoms with Gasteiger partial charge >= 0.3 is 0 Å². The van der Waals surface area contributed by atoms with Crippen molar-refractivity contribution in [1.29, 1.82) is 0 Å². The number of hydrogen-bond donors (Lipinski definition) is 0. The second kappa shape index (κ2) is 6.86. The van der Waals surface area contributed by atoms with Gasteiger partial charge < -0.3 is 4.57 Å². The van der Waals surface area contributed by atoms with E-state index in [4.69, 9.17) is 0 Å². The van der Waals surface area contributed by atoms with E-state index in [1.54, 1.807) is 0 Å². The Balaban J connectivity index is 1.66. The number of nitrogens with zero attached hydrogens (tertiary/aromatic N) is 1. The Morgan fingerprint density at radius 1 is 0.528 bits per heavy atom. The molecule has 36 heavy (non-hydrogen) atoms. The van der Waals surface area contributed by atoms with Crippen LogP contribution in [0.3, 0.4) is 0 Å². The van der Waals surface area contributed by atoms with E-state index in [2.05, 4.69) is 134 Å². The normalized spacial score (nSPS) is 14.1. The molecule has 0 spiro atoms. The topological polar surface area (TPSA) is 4.93 Å². The molecule has 1 heteroatoms. The van der Waals surface area contributed by atoms with E-state index in [0.717, 1.165) is 0 Å². The lowest BCUT2D eigenvalue weighted by Crippen LogP contribution is -2.23. The summed E-state index contributed by atoms with van der Waals surface area (Å²) in [6.45, 7) is 4.74. The molecular weight excluding hydrogens is 434 g/mol. The van der Waals surface area contributed by atoms with Crippen molar-refractivity contribution in [2.45, 2.75) is 19.3 Å². The number of benzene rings is 6. The Kier molecular flexibility index (Phi) is 3.79. The highest BCUT2D eigenvalue weighted by molar-refractivity contribution is 6.25. The van der Waals surface area contributed by atoms with Crippen molar-refractivity contribution in [3.05, 3.63) is 126 Å². The molecule has 1 aromatic heterocycles. The second-order valence-electron chi connectivity index (χ2n) is 10.6. The first kappa shape index (κ1) is 19.9. The van der Waals surface area contributed by atoms with E-state index in [0.29, 0.717) is 0 Å². The molecular formula is C35H25N. The van der Waals surface area contributed by atoms with Gasteiger partial charge in [-0.25, -0.2) is 0 Å². The zero-order valence-corrected chi connectivity index (χ0v) is 20.4. The molecule has 8 rings (SSSR count). The summed E-state index contributed by atoms with van der Waals surface area (Å²) < 4.78 is 2.48. The van der Waals surface area contributed by atoms with E-state index in [1.165, 1.54) is 71.3 Å². The molecule has 170 valence electrons. The van der Waals surface area contributed by atoms with Crippen LogP contribution in [0.25, 0.3) is 60.2 Å². The van der Waals surface area contributed by atoms with Gasteiger partial charge in [0.2, 0.25) is 0 Å². The Labute approximate surface area is 210 Å². The van der Waals surface area contributed by atoms with Gasteiger partial charge in [0, 0.05) is 27.1 Å². The van der Waals surface area contributed by atoms with Crippen LogP contribution in [0.5, 0.6) is 0 Å². The molecule has 0 radical (unpaired) electrons. The largest absolute Gasteiger partial charge is 0.309 e. The summed E-state index contributed by atoms with van der Waals surface area (Å²) >= 11 is 0. The van der Waals surface area contributed by atoms with E-state index in [9.17, 15) is 0 Å². The highest BCUT2D eigenvalue weighted by Gasteiger charge is 2.35. The van der Waals surface area contributed by atoms with Crippen LogP contribution in [-0.4, -0.2) is 4.57 Å². The Morgan fingerprint density at radius 3 is 2.11 bits per heavy atom. The number of rotatable bonds is 1. The quantitative estimate of drug-likeness (QED) is 0.230. The average Bonchev–Trinajstić information content (AvgIpc) is 3.24. The molecule has 1 nitrogen and oxygen atoms in total. The number of fused-ring (bicyclic) bond motifs is 7. The molecule has 1 aliphatic carbocycles. The van der Waals surface area contributed by atoms with Crippen LogP contribution in [0.15, 0.2) is 115 Å². The summed E-state index contributed by atoms with van der Waals surface area (Å²) in [5, 5.41) is 7.89. The molecule has 0 bridgehead atoms. The summed E-state index contributed by atoms with van der Waals surface area (Å²) in [5.74, 6) is 0. The van der Waals surface area contributed by atoms with E-state index < -0.39 is 0 Å². The Hall–Kier alpha value is -4.36. The fourth-order valence-corrected chi connectivity index (χ4v) is 6.75. The Bertz CT molecular complexity index is 2010. The molecule has 0 unspecified atom stereocenters. The van der Waals surface area contributed by atoms with Crippen LogP contribution in [-0.2, 0) is 5.41 Å². The Morgan fingerprint density at radius 2 is 1.19 bits per heavy atom. The van der Waals surface area contributed by atoms with Crippen LogP contribution >= 0.6 is 0 Å². The molecule has 0 N–H and O–H groups in total. The maximum Gasteiger partial charge on any atom is 0.0554 e. The molecule has 0 saturated heterocycles. The molecule has 0 fully saturated rings. The minimum Gasteiger partial charge on any atom is -0.309 e. The molecule has 0 aliphatic heterocycles. The van der Waals surface area contributed by atoms with Crippen molar-refractivity contribution in [2.75, 3.05) is 0 Å². The third-order valence-electron chi connectivity index (χ3n) is 8.35. The molecule has 0 atom stereocenters. The number of para-hydroxylation sites is 1. The van der Waals surface area contributed by atoms with Gasteiger partial charge in [0.1, 0.15) is 0 Å². The van der Waals surface area contributed by atoms with Crippen molar-refractivity contribution < 1.29 is 0 Å². The van der Waals surface area contributed by atoms with Gasteiger partial charge in [-0.05, 0) is 51.0 Å². The second-order valence-corrected chi connectivity index (χ2v) is 10.6. The third-order valence-corrected chi connectivity index (χ3v) is 8.35. The lowest BCUT2D eigenvalue weighted by atomic mass is 9.68. The summed E-state index contributed by atoms with van der Waals surface area (Å²) in [6.07, 6.45) is 0. The van der Waals surface area contributed by atoms with Crippen molar-refractivity contribution in [1.82, 2.24) is 4.57 Å². The highest BCUT2D eigenvalue weighted by Crippen LogP contribution is 2.52. The first-order valence-corrected chi connectivity index (χ1v) is 12.7. The molecule has 0 amide bonds. The van der Waals surface area contributed by atoms with E-state index in [1.807, 2.05) is 0 Å². The van der Waals surface area contributed by atoms with E-state index in [-0.39, 0.29) is 5.41 Å². The van der Waals surface area contributed by atoms with Crippen molar-refractivity contribution in [3.8, 4) is 16.8 Å². The van der Waals surface area contributed by atoms with Gasteiger partial charge in [0.25, 0.3) is 0 Å². The van der Waals surface area contributed by atoms with Crippen molar-refractivity contribution >= 4 is 43.4 Å². The fourth-order valence-electron chi connectivity index (χ4n) is 6.75. The summed E-state index contributed by atoms with van der Waals surface area (Å²) in [6, 6.07) is 42.6. The fraction of sp³-hybridized carbons (Fsp3) is 0.0857. The first-order chi connectivity index (χ1) is 17.6. The lowest BCUT2D eigenvalue weighted by molar-refractivity contribution is 0.645. The van der Waals surface area contributed by atoms with Gasteiger partial charge in [-0.15, -0.1) is 0 Å². The zero-order chi connectivity index (χ0) is 24.0. The minimum atomic E-state index is -0.0508. The molecule has 7 aromatic rings. The predicted molar refractivity (Wildman–Crippen MR) is 153 cm³/mol. The molecule has 0 saturated carbocycles. The smallest absolute Gasteiger partial charge is 0.0554 e. The molecule has 1 heterocycles. The average molecular weight is 460 g/mol. The van der Waals surface area contributed by atoms with Gasteiger partial charge in [0.15, 0.2) is 0 Å². The van der Waals surface area contributed by atoms with Crippen LogP contribution in [0.1, 0.15) is 25.0 Å². The summed E-state index contributed by atoms with van der Waals surface area (Å²) in [4.78, 5) is 0. The molecule has 1 aliphatic rings.